The van der Waals surface area contributed by atoms with Crippen molar-refractivity contribution >= 4 is 40.7 Å². The van der Waals surface area contributed by atoms with E-state index < -0.39 is 0 Å². The Bertz CT molecular complexity index is 982. The Hall–Kier alpha value is -2.55. The lowest BCUT2D eigenvalue weighted by molar-refractivity contribution is 0.709. The highest BCUT2D eigenvalue weighted by Gasteiger charge is 2.29. The summed E-state index contributed by atoms with van der Waals surface area (Å²) in [6.07, 6.45) is 4.98. The number of halogens is 2. The maximum Gasteiger partial charge on any atom is 0.0832 e. The Kier molecular flexibility index (Phi) is 5.28. The third-order valence-electron chi connectivity index (χ3n) is 4.54. The molecule has 4 rings (SSSR count). The van der Waals surface area contributed by atoms with E-state index in [0.29, 0.717) is 10.0 Å². The molecule has 0 N–H and O–H groups in total. The van der Waals surface area contributed by atoms with E-state index in [1.807, 2.05) is 41.4 Å². The topological polar surface area (TPSA) is 15.6 Å². The van der Waals surface area contributed by atoms with E-state index in [0.717, 1.165) is 23.4 Å². The lowest BCUT2D eigenvalue weighted by atomic mass is 10.0. The summed E-state index contributed by atoms with van der Waals surface area (Å²) in [6.45, 7) is 0. The van der Waals surface area contributed by atoms with Crippen LogP contribution in [-0.2, 0) is 0 Å². The largest absolute Gasteiger partial charge is 0.256 e. The van der Waals surface area contributed by atoms with Crippen LogP contribution in [0.4, 0.5) is 5.69 Å². The summed E-state index contributed by atoms with van der Waals surface area (Å²) in [5.41, 5.74) is 4.23. The Labute approximate surface area is 169 Å². The maximum absolute atomic E-state index is 6.47. The van der Waals surface area contributed by atoms with Crippen molar-refractivity contribution in [3.8, 4) is 0 Å². The van der Waals surface area contributed by atoms with Gasteiger partial charge in [-0.2, -0.15) is 5.10 Å². The van der Waals surface area contributed by atoms with Gasteiger partial charge in [-0.3, -0.25) is 5.01 Å². The quantitative estimate of drug-likeness (QED) is 0.465. The molecular weight excluding hydrogens is 375 g/mol. The highest BCUT2D eigenvalue weighted by Crippen LogP contribution is 2.39. The summed E-state index contributed by atoms with van der Waals surface area (Å²) >= 11 is 12.5. The number of hydrazone groups is 1. The molecule has 0 amide bonds. The van der Waals surface area contributed by atoms with Gasteiger partial charge in [0.25, 0.3) is 0 Å². The molecule has 0 bridgehead atoms. The van der Waals surface area contributed by atoms with Crippen LogP contribution in [0.1, 0.15) is 23.6 Å². The zero-order chi connectivity index (χ0) is 18.6. The van der Waals surface area contributed by atoms with E-state index in [1.165, 1.54) is 5.56 Å². The minimum absolute atomic E-state index is 0.0975. The predicted octanol–water partition coefficient (Wildman–Crippen LogP) is 7.01. The molecule has 0 aliphatic carbocycles. The molecule has 0 saturated heterocycles. The number of hydrogen-bond donors (Lipinski definition) is 0. The second kappa shape index (κ2) is 7.99. The third-order valence-corrected chi connectivity index (χ3v) is 5.08. The van der Waals surface area contributed by atoms with Gasteiger partial charge in [0.2, 0.25) is 0 Å². The molecule has 0 radical (unpaired) electrons. The van der Waals surface area contributed by atoms with E-state index >= 15 is 0 Å². The van der Waals surface area contributed by atoms with Crippen molar-refractivity contribution in [2.45, 2.75) is 12.5 Å². The number of anilines is 1. The minimum atomic E-state index is 0.0975. The van der Waals surface area contributed by atoms with E-state index in [-0.39, 0.29) is 6.04 Å². The van der Waals surface area contributed by atoms with Gasteiger partial charge in [-0.25, -0.2) is 0 Å². The zero-order valence-electron chi connectivity index (χ0n) is 14.6. The molecule has 4 heteroatoms. The maximum atomic E-state index is 6.47. The Morgan fingerprint density at radius 1 is 0.852 bits per heavy atom. The lowest BCUT2D eigenvalue weighted by Gasteiger charge is -2.25. The Balaban J connectivity index is 1.69. The molecule has 3 aromatic rings. The molecule has 1 atom stereocenters. The van der Waals surface area contributed by atoms with Crippen LogP contribution in [0.15, 0.2) is 90.0 Å². The molecule has 0 fully saturated rings. The van der Waals surface area contributed by atoms with Crippen LogP contribution in [0.3, 0.4) is 0 Å². The second-order valence-electron chi connectivity index (χ2n) is 6.41. The molecule has 2 nitrogen and oxygen atoms in total. The SMILES string of the molecule is Clc1ccc(N2N=C(C=Cc3ccccc3)CC2c2ccccc2)c(Cl)c1. The molecule has 1 aliphatic heterocycles. The molecule has 0 saturated carbocycles. The van der Waals surface area contributed by atoms with Gasteiger partial charge in [0, 0.05) is 11.4 Å². The number of hydrogen-bond acceptors (Lipinski definition) is 2. The van der Waals surface area contributed by atoms with Gasteiger partial charge in [0.1, 0.15) is 0 Å². The van der Waals surface area contributed by atoms with Crippen LogP contribution in [0.5, 0.6) is 0 Å². The zero-order valence-corrected chi connectivity index (χ0v) is 16.1. The molecule has 0 aromatic heterocycles. The van der Waals surface area contributed by atoms with E-state index in [1.54, 1.807) is 6.07 Å². The van der Waals surface area contributed by atoms with Gasteiger partial charge in [0.05, 0.1) is 22.5 Å². The Morgan fingerprint density at radius 2 is 1.56 bits per heavy atom. The molecule has 134 valence electrons. The number of benzene rings is 3. The average Bonchev–Trinajstić information content (AvgIpc) is 3.12. The second-order valence-corrected chi connectivity index (χ2v) is 7.25. The normalized spacial score (nSPS) is 16.7. The lowest BCUT2D eigenvalue weighted by Crippen LogP contribution is -2.18. The third kappa shape index (κ3) is 4.08. The summed E-state index contributed by atoms with van der Waals surface area (Å²) in [6, 6.07) is 26.2. The fourth-order valence-electron chi connectivity index (χ4n) is 3.21. The number of rotatable bonds is 4. The van der Waals surface area contributed by atoms with Gasteiger partial charge in [0.15, 0.2) is 0 Å². The van der Waals surface area contributed by atoms with Crippen LogP contribution >= 0.6 is 23.2 Å². The minimum Gasteiger partial charge on any atom is -0.256 e. The molecule has 1 unspecified atom stereocenters. The molecular formula is C23H18Cl2N2. The fourth-order valence-corrected chi connectivity index (χ4v) is 3.71. The Morgan fingerprint density at radius 3 is 2.26 bits per heavy atom. The van der Waals surface area contributed by atoms with Crippen LogP contribution in [-0.4, -0.2) is 5.71 Å². The molecule has 1 heterocycles. The van der Waals surface area contributed by atoms with E-state index in [9.17, 15) is 0 Å². The van der Waals surface area contributed by atoms with Crippen LogP contribution in [0.25, 0.3) is 6.08 Å². The highest BCUT2D eigenvalue weighted by atomic mass is 35.5. The summed E-state index contributed by atoms with van der Waals surface area (Å²) in [7, 11) is 0. The van der Waals surface area contributed by atoms with Crippen molar-refractivity contribution in [2.24, 2.45) is 5.10 Å². The van der Waals surface area contributed by atoms with Crippen molar-refractivity contribution < 1.29 is 0 Å². The first-order valence-electron chi connectivity index (χ1n) is 8.80. The monoisotopic (exact) mass is 392 g/mol. The summed E-state index contributed by atoms with van der Waals surface area (Å²) in [4.78, 5) is 0. The first-order valence-corrected chi connectivity index (χ1v) is 9.56. The van der Waals surface area contributed by atoms with Crippen molar-refractivity contribution in [2.75, 3.05) is 5.01 Å². The van der Waals surface area contributed by atoms with Gasteiger partial charge in [-0.15, -0.1) is 0 Å². The van der Waals surface area contributed by atoms with Crippen molar-refractivity contribution in [1.82, 2.24) is 0 Å². The smallest absolute Gasteiger partial charge is 0.0832 e. The van der Waals surface area contributed by atoms with Gasteiger partial charge in [-0.1, -0.05) is 89.9 Å². The molecule has 27 heavy (non-hydrogen) atoms. The first-order chi connectivity index (χ1) is 13.2. The number of nitrogens with zero attached hydrogens (tertiary/aromatic N) is 2. The summed E-state index contributed by atoms with van der Waals surface area (Å²) in [5.74, 6) is 0. The van der Waals surface area contributed by atoms with Gasteiger partial charge < -0.3 is 0 Å². The summed E-state index contributed by atoms with van der Waals surface area (Å²) in [5, 5.41) is 8.07. The van der Waals surface area contributed by atoms with Crippen LogP contribution in [0.2, 0.25) is 10.0 Å². The van der Waals surface area contributed by atoms with Crippen LogP contribution in [0, 0.1) is 0 Å². The molecule has 0 spiro atoms. The van der Waals surface area contributed by atoms with Gasteiger partial charge >= 0.3 is 0 Å². The van der Waals surface area contributed by atoms with Crippen LogP contribution < -0.4 is 5.01 Å². The molecule has 3 aromatic carbocycles. The first kappa shape index (κ1) is 17.8. The average molecular weight is 393 g/mol. The van der Waals surface area contributed by atoms with Crippen molar-refractivity contribution in [3.05, 3.63) is 106 Å². The predicted molar refractivity (Wildman–Crippen MR) is 116 cm³/mol. The van der Waals surface area contributed by atoms with Crippen molar-refractivity contribution in [1.29, 1.82) is 0 Å². The standard InChI is InChI=1S/C23H18Cl2N2/c24-19-12-14-22(21(25)15-19)27-23(18-9-5-2-6-10-18)16-20(26-27)13-11-17-7-3-1-4-8-17/h1-15,23H,16H2. The van der Waals surface area contributed by atoms with E-state index in [2.05, 4.69) is 48.6 Å². The summed E-state index contributed by atoms with van der Waals surface area (Å²) < 4.78 is 0. The van der Waals surface area contributed by atoms with Crippen molar-refractivity contribution in [3.63, 3.8) is 0 Å². The fraction of sp³-hybridized carbons (Fsp3) is 0.0870. The molecule has 1 aliphatic rings. The highest BCUT2D eigenvalue weighted by molar-refractivity contribution is 6.36. The van der Waals surface area contributed by atoms with E-state index in [4.69, 9.17) is 28.3 Å². The van der Waals surface area contributed by atoms with Gasteiger partial charge in [-0.05, 0) is 35.4 Å². The number of allylic oxidation sites excluding steroid dienone is 1.